The summed E-state index contributed by atoms with van der Waals surface area (Å²) in [4.78, 5) is 0. The Morgan fingerprint density at radius 1 is 0.967 bits per heavy atom. The van der Waals surface area contributed by atoms with Crippen molar-refractivity contribution < 1.29 is 9.47 Å². The van der Waals surface area contributed by atoms with Gasteiger partial charge in [-0.25, -0.2) is 0 Å². The lowest BCUT2D eigenvalue weighted by atomic mass is 9.79. The summed E-state index contributed by atoms with van der Waals surface area (Å²) in [5.74, 6) is 0.914. The molecule has 2 aliphatic heterocycles. The average molecular weight is 398 g/mol. The lowest BCUT2D eigenvalue weighted by Crippen LogP contribution is -2.32. The SMILES string of the molecule is COCc1cccc2c1-c1ccc3c(c1C(c1ccccc1)O2)C(C)=CC(C)(C)N3. The van der Waals surface area contributed by atoms with E-state index < -0.39 is 0 Å². The van der Waals surface area contributed by atoms with E-state index in [0.29, 0.717) is 6.61 Å². The van der Waals surface area contributed by atoms with E-state index in [4.69, 9.17) is 9.47 Å². The summed E-state index contributed by atoms with van der Waals surface area (Å²) in [6.07, 6.45) is 2.15. The van der Waals surface area contributed by atoms with Gasteiger partial charge in [0.1, 0.15) is 5.75 Å². The molecule has 0 saturated carbocycles. The van der Waals surface area contributed by atoms with Crippen molar-refractivity contribution in [1.82, 2.24) is 0 Å². The van der Waals surface area contributed by atoms with Crippen molar-refractivity contribution in [3.05, 3.63) is 89.0 Å². The van der Waals surface area contributed by atoms with Gasteiger partial charge < -0.3 is 14.8 Å². The molecule has 152 valence electrons. The van der Waals surface area contributed by atoms with Crippen molar-refractivity contribution >= 4 is 11.3 Å². The van der Waals surface area contributed by atoms with Gasteiger partial charge in [-0.2, -0.15) is 0 Å². The predicted octanol–water partition coefficient (Wildman–Crippen LogP) is 6.59. The summed E-state index contributed by atoms with van der Waals surface area (Å²) in [5, 5.41) is 3.70. The first-order valence-corrected chi connectivity index (χ1v) is 10.5. The van der Waals surface area contributed by atoms with Gasteiger partial charge in [0.15, 0.2) is 6.10 Å². The van der Waals surface area contributed by atoms with E-state index in [2.05, 4.69) is 80.7 Å². The molecule has 0 aromatic heterocycles. The lowest BCUT2D eigenvalue weighted by molar-refractivity contribution is 0.184. The first-order valence-electron chi connectivity index (χ1n) is 10.5. The molecule has 3 heteroatoms. The van der Waals surface area contributed by atoms with E-state index in [0.717, 1.165) is 28.1 Å². The fourth-order valence-electron chi connectivity index (χ4n) is 4.94. The monoisotopic (exact) mass is 397 g/mol. The molecular formula is C27H27NO2. The maximum atomic E-state index is 6.69. The quantitative estimate of drug-likeness (QED) is 0.541. The van der Waals surface area contributed by atoms with Crippen LogP contribution in [0, 0.1) is 0 Å². The van der Waals surface area contributed by atoms with Crippen LogP contribution in [0.3, 0.4) is 0 Å². The van der Waals surface area contributed by atoms with Gasteiger partial charge in [0.25, 0.3) is 0 Å². The minimum atomic E-state index is -0.159. The van der Waals surface area contributed by atoms with Crippen LogP contribution < -0.4 is 10.1 Å². The third-order valence-corrected chi connectivity index (χ3v) is 5.97. The van der Waals surface area contributed by atoms with Gasteiger partial charge in [-0.05, 0) is 55.2 Å². The van der Waals surface area contributed by atoms with Gasteiger partial charge in [-0.3, -0.25) is 0 Å². The van der Waals surface area contributed by atoms with Crippen molar-refractivity contribution in [2.75, 3.05) is 12.4 Å². The Morgan fingerprint density at radius 3 is 2.53 bits per heavy atom. The number of benzene rings is 3. The Bertz CT molecular complexity index is 1150. The maximum Gasteiger partial charge on any atom is 0.150 e. The highest BCUT2D eigenvalue weighted by molar-refractivity contribution is 5.91. The minimum absolute atomic E-state index is 0.0811. The summed E-state index contributed by atoms with van der Waals surface area (Å²) in [6, 6.07) is 21.2. The molecule has 3 aromatic rings. The third-order valence-electron chi connectivity index (χ3n) is 5.97. The molecular weight excluding hydrogens is 370 g/mol. The van der Waals surface area contributed by atoms with Crippen LogP contribution in [0.15, 0.2) is 66.7 Å². The van der Waals surface area contributed by atoms with Crippen LogP contribution in [0.25, 0.3) is 16.7 Å². The molecule has 0 saturated heterocycles. The fraction of sp³-hybridized carbons (Fsp3) is 0.259. The normalized spacial score (nSPS) is 18.3. The number of anilines is 1. The van der Waals surface area contributed by atoms with Gasteiger partial charge >= 0.3 is 0 Å². The molecule has 0 spiro atoms. The molecule has 0 fully saturated rings. The van der Waals surface area contributed by atoms with Crippen LogP contribution in [0.5, 0.6) is 5.75 Å². The number of methoxy groups -OCH3 is 1. The molecule has 30 heavy (non-hydrogen) atoms. The molecule has 0 bridgehead atoms. The van der Waals surface area contributed by atoms with Gasteiger partial charge in [-0.15, -0.1) is 0 Å². The molecule has 0 aliphatic carbocycles. The Labute approximate surface area is 178 Å². The molecule has 0 amide bonds. The topological polar surface area (TPSA) is 30.5 Å². The van der Waals surface area contributed by atoms with Gasteiger partial charge in [0.2, 0.25) is 0 Å². The second kappa shape index (κ2) is 7.03. The molecule has 0 radical (unpaired) electrons. The van der Waals surface area contributed by atoms with Crippen molar-refractivity contribution in [3.63, 3.8) is 0 Å². The number of allylic oxidation sites excluding steroid dienone is 1. The van der Waals surface area contributed by atoms with Crippen LogP contribution in [0.2, 0.25) is 0 Å². The summed E-state index contributed by atoms with van der Waals surface area (Å²) in [6.45, 7) is 7.17. The summed E-state index contributed by atoms with van der Waals surface area (Å²) in [7, 11) is 1.74. The van der Waals surface area contributed by atoms with Crippen LogP contribution >= 0.6 is 0 Å². The van der Waals surface area contributed by atoms with Gasteiger partial charge in [-0.1, -0.05) is 54.6 Å². The molecule has 5 rings (SSSR count). The zero-order valence-corrected chi connectivity index (χ0v) is 18.0. The first kappa shape index (κ1) is 19.0. The van der Waals surface area contributed by atoms with Crippen molar-refractivity contribution in [1.29, 1.82) is 0 Å². The average Bonchev–Trinajstić information content (AvgIpc) is 2.72. The van der Waals surface area contributed by atoms with E-state index in [1.54, 1.807) is 7.11 Å². The number of fused-ring (bicyclic) bond motifs is 5. The lowest BCUT2D eigenvalue weighted by Gasteiger charge is -2.37. The van der Waals surface area contributed by atoms with E-state index in [1.807, 2.05) is 12.1 Å². The third kappa shape index (κ3) is 3.01. The van der Waals surface area contributed by atoms with Crippen LogP contribution in [0.1, 0.15) is 49.1 Å². The summed E-state index contributed by atoms with van der Waals surface area (Å²) >= 11 is 0. The van der Waals surface area contributed by atoms with Gasteiger partial charge in [0, 0.05) is 29.5 Å². The first-order chi connectivity index (χ1) is 14.5. The number of nitrogens with one attached hydrogen (secondary N) is 1. The highest BCUT2D eigenvalue weighted by Crippen LogP contribution is 2.51. The molecule has 1 N–H and O–H groups in total. The fourth-order valence-corrected chi connectivity index (χ4v) is 4.94. The predicted molar refractivity (Wildman–Crippen MR) is 123 cm³/mol. The zero-order chi connectivity index (χ0) is 20.9. The van der Waals surface area contributed by atoms with Crippen LogP contribution in [0.4, 0.5) is 5.69 Å². The highest BCUT2D eigenvalue weighted by atomic mass is 16.5. The second-order valence-corrected chi connectivity index (χ2v) is 8.76. The van der Waals surface area contributed by atoms with E-state index in [1.165, 1.54) is 22.3 Å². The molecule has 3 nitrogen and oxygen atoms in total. The second-order valence-electron chi connectivity index (χ2n) is 8.76. The number of rotatable bonds is 3. The van der Waals surface area contributed by atoms with E-state index in [9.17, 15) is 0 Å². The maximum absolute atomic E-state index is 6.69. The molecule has 1 atom stereocenters. The number of ether oxygens (including phenoxy) is 2. The number of hydrogen-bond acceptors (Lipinski definition) is 3. The smallest absolute Gasteiger partial charge is 0.150 e. The Balaban J connectivity index is 1.82. The highest BCUT2D eigenvalue weighted by Gasteiger charge is 2.35. The zero-order valence-electron chi connectivity index (χ0n) is 18.0. The standard InChI is InChI=1S/C27H27NO2/c1-17-15-27(2,3)28-21-14-13-20-24-19(16-29-4)11-8-12-22(24)30-26(25(20)23(17)21)18-9-6-5-7-10-18/h5-15,26,28H,16H2,1-4H3. The van der Waals surface area contributed by atoms with E-state index in [-0.39, 0.29) is 11.6 Å². The summed E-state index contributed by atoms with van der Waals surface area (Å²) < 4.78 is 12.2. The van der Waals surface area contributed by atoms with Crippen molar-refractivity contribution in [2.24, 2.45) is 0 Å². The molecule has 3 aromatic carbocycles. The minimum Gasteiger partial charge on any atom is -0.480 e. The number of hydrogen-bond donors (Lipinski definition) is 1. The molecule has 2 aliphatic rings. The molecule has 2 heterocycles. The molecule has 1 unspecified atom stereocenters. The van der Waals surface area contributed by atoms with Crippen molar-refractivity contribution in [3.8, 4) is 16.9 Å². The van der Waals surface area contributed by atoms with Crippen molar-refractivity contribution in [2.45, 2.75) is 39.0 Å². The van der Waals surface area contributed by atoms with Gasteiger partial charge in [0.05, 0.1) is 12.1 Å². The Morgan fingerprint density at radius 2 is 1.77 bits per heavy atom. The van der Waals surface area contributed by atoms with Crippen LogP contribution in [-0.2, 0) is 11.3 Å². The summed E-state index contributed by atoms with van der Waals surface area (Å²) in [5.41, 5.74) is 9.51. The van der Waals surface area contributed by atoms with Crippen LogP contribution in [-0.4, -0.2) is 12.6 Å². The Hall–Kier alpha value is -3.04. The Kier molecular flexibility index (Phi) is 4.44. The largest absolute Gasteiger partial charge is 0.480 e. The van der Waals surface area contributed by atoms with E-state index >= 15 is 0 Å².